The molecule has 1 atom stereocenters. The van der Waals surface area contributed by atoms with Gasteiger partial charge in [0.2, 0.25) is 0 Å². The lowest BCUT2D eigenvalue weighted by Gasteiger charge is -2.38. The molecule has 2 heterocycles. The van der Waals surface area contributed by atoms with Crippen LogP contribution in [0.15, 0.2) is 0 Å². The molecule has 2 saturated heterocycles. The summed E-state index contributed by atoms with van der Waals surface area (Å²) in [5.74, 6) is 0. The molecular weight excluding hydrogens is 204 g/mol. The molecule has 16 heavy (non-hydrogen) atoms. The van der Waals surface area contributed by atoms with E-state index in [1.165, 1.54) is 0 Å². The highest BCUT2D eigenvalue weighted by atomic mass is 16.2. The Labute approximate surface area is 97.2 Å². The summed E-state index contributed by atoms with van der Waals surface area (Å²) >= 11 is 0. The molecule has 2 amide bonds. The van der Waals surface area contributed by atoms with Crippen LogP contribution in [0, 0.1) is 0 Å². The molecule has 0 saturated carbocycles. The van der Waals surface area contributed by atoms with Crippen LogP contribution in [0.4, 0.5) is 4.79 Å². The van der Waals surface area contributed by atoms with Gasteiger partial charge in [-0.05, 0) is 19.9 Å². The number of nitrogens with zero attached hydrogens (tertiary/aromatic N) is 3. The predicted octanol–water partition coefficient (Wildman–Crippen LogP) is -0.223. The van der Waals surface area contributed by atoms with E-state index in [1.54, 1.807) is 0 Å². The highest BCUT2D eigenvalue weighted by Crippen LogP contribution is 2.12. The number of likely N-dealkylation sites (tertiary alicyclic amines) is 1. The molecule has 2 rings (SSSR count). The minimum atomic E-state index is 0.171. The zero-order valence-corrected chi connectivity index (χ0v) is 10.1. The topological polar surface area (TPSA) is 52.8 Å². The number of piperazine rings is 1. The second-order valence-electron chi connectivity index (χ2n) is 4.92. The lowest BCUT2D eigenvalue weighted by molar-refractivity contribution is 0.113. The van der Waals surface area contributed by atoms with E-state index in [4.69, 9.17) is 5.73 Å². The van der Waals surface area contributed by atoms with Crippen LogP contribution in [0.5, 0.6) is 0 Å². The first-order chi connectivity index (χ1) is 7.66. The Morgan fingerprint density at radius 1 is 1.12 bits per heavy atom. The maximum atomic E-state index is 12.2. The lowest BCUT2D eigenvalue weighted by atomic mass is 10.1. The van der Waals surface area contributed by atoms with E-state index < -0.39 is 0 Å². The number of likely N-dealkylation sites (N-methyl/N-ethyl adjacent to an activating group) is 1. The van der Waals surface area contributed by atoms with Gasteiger partial charge in [-0.1, -0.05) is 0 Å². The Morgan fingerprint density at radius 2 is 1.81 bits per heavy atom. The summed E-state index contributed by atoms with van der Waals surface area (Å²) in [6.45, 7) is 5.25. The summed E-state index contributed by atoms with van der Waals surface area (Å²) in [6.07, 6.45) is 2.09. The first-order valence-electron chi connectivity index (χ1n) is 6.15. The average Bonchev–Trinajstić information content (AvgIpc) is 2.29. The highest BCUT2D eigenvalue weighted by Gasteiger charge is 2.27. The fourth-order valence-electron chi connectivity index (χ4n) is 2.38. The summed E-state index contributed by atoms with van der Waals surface area (Å²) in [6, 6.07) is 0.355. The molecule has 0 aromatic carbocycles. The number of hydrogen-bond donors (Lipinski definition) is 1. The van der Waals surface area contributed by atoms with Crippen molar-refractivity contribution >= 4 is 6.03 Å². The van der Waals surface area contributed by atoms with E-state index in [9.17, 15) is 4.79 Å². The van der Waals surface area contributed by atoms with Crippen LogP contribution >= 0.6 is 0 Å². The molecule has 0 radical (unpaired) electrons. The number of piperidine rings is 1. The molecule has 2 aliphatic rings. The fourth-order valence-corrected chi connectivity index (χ4v) is 2.38. The largest absolute Gasteiger partial charge is 0.326 e. The molecule has 0 bridgehead atoms. The van der Waals surface area contributed by atoms with E-state index in [0.29, 0.717) is 0 Å². The van der Waals surface area contributed by atoms with Gasteiger partial charge >= 0.3 is 6.03 Å². The van der Waals surface area contributed by atoms with Crippen molar-refractivity contribution in [3.8, 4) is 0 Å². The second kappa shape index (κ2) is 5.01. The van der Waals surface area contributed by atoms with Gasteiger partial charge in [0.25, 0.3) is 0 Å². The van der Waals surface area contributed by atoms with Crippen LogP contribution in [0.1, 0.15) is 12.8 Å². The first kappa shape index (κ1) is 11.7. The second-order valence-corrected chi connectivity index (χ2v) is 4.92. The molecule has 0 aromatic heterocycles. The van der Waals surface area contributed by atoms with E-state index in [2.05, 4.69) is 11.9 Å². The standard InChI is InChI=1S/C11H22N4O/c1-13-5-7-14(8-6-13)11(16)15-4-2-3-10(12)9-15/h10H,2-9,12H2,1H3/t10-/m1/s1. The van der Waals surface area contributed by atoms with Crippen molar-refractivity contribution in [2.24, 2.45) is 5.73 Å². The summed E-state index contributed by atoms with van der Waals surface area (Å²) in [7, 11) is 2.10. The molecule has 0 aliphatic carbocycles. The SMILES string of the molecule is CN1CCN(C(=O)N2CCC[C@@H](N)C2)CC1. The Morgan fingerprint density at radius 3 is 2.44 bits per heavy atom. The monoisotopic (exact) mass is 226 g/mol. The molecule has 0 unspecified atom stereocenters. The maximum absolute atomic E-state index is 12.2. The fraction of sp³-hybridized carbons (Fsp3) is 0.909. The van der Waals surface area contributed by atoms with E-state index in [-0.39, 0.29) is 12.1 Å². The molecule has 92 valence electrons. The lowest BCUT2D eigenvalue weighted by Crippen LogP contribution is -2.55. The van der Waals surface area contributed by atoms with Crippen molar-refractivity contribution in [1.29, 1.82) is 0 Å². The molecular formula is C11H22N4O. The van der Waals surface area contributed by atoms with Crippen molar-refractivity contribution < 1.29 is 4.79 Å². The summed E-state index contributed by atoms with van der Waals surface area (Å²) in [4.78, 5) is 18.3. The number of carbonyl (C=O) groups excluding carboxylic acids is 1. The number of nitrogens with two attached hydrogens (primary N) is 1. The molecule has 0 spiro atoms. The Bertz CT molecular complexity index is 250. The zero-order chi connectivity index (χ0) is 11.5. The minimum Gasteiger partial charge on any atom is -0.326 e. The van der Waals surface area contributed by atoms with Crippen molar-refractivity contribution in [2.45, 2.75) is 18.9 Å². The third-order valence-corrected chi connectivity index (χ3v) is 3.50. The van der Waals surface area contributed by atoms with Crippen LogP contribution in [0.3, 0.4) is 0 Å². The molecule has 5 heteroatoms. The molecule has 0 aromatic rings. The van der Waals surface area contributed by atoms with Gasteiger partial charge in [0.15, 0.2) is 0 Å². The van der Waals surface area contributed by atoms with Gasteiger partial charge in [0, 0.05) is 45.3 Å². The van der Waals surface area contributed by atoms with Crippen LogP contribution in [0.25, 0.3) is 0 Å². The summed E-state index contributed by atoms with van der Waals surface area (Å²) in [5.41, 5.74) is 5.89. The third kappa shape index (κ3) is 2.65. The van der Waals surface area contributed by atoms with Crippen molar-refractivity contribution in [3.05, 3.63) is 0 Å². The molecule has 2 aliphatic heterocycles. The van der Waals surface area contributed by atoms with Crippen LogP contribution < -0.4 is 5.73 Å². The Balaban J connectivity index is 1.86. The molecule has 5 nitrogen and oxygen atoms in total. The van der Waals surface area contributed by atoms with E-state index in [1.807, 2.05) is 9.80 Å². The van der Waals surface area contributed by atoms with Crippen LogP contribution in [-0.2, 0) is 0 Å². The van der Waals surface area contributed by atoms with Gasteiger partial charge in [-0.25, -0.2) is 4.79 Å². The maximum Gasteiger partial charge on any atom is 0.320 e. The third-order valence-electron chi connectivity index (χ3n) is 3.50. The smallest absolute Gasteiger partial charge is 0.320 e. The van der Waals surface area contributed by atoms with Crippen LogP contribution in [0.2, 0.25) is 0 Å². The van der Waals surface area contributed by atoms with Gasteiger partial charge in [-0.2, -0.15) is 0 Å². The normalized spacial score (nSPS) is 28.2. The van der Waals surface area contributed by atoms with Crippen molar-refractivity contribution in [2.75, 3.05) is 46.3 Å². The van der Waals surface area contributed by atoms with Gasteiger partial charge in [-0.3, -0.25) is 0 Å². The Kier molecular flexibility index (Phi) is 3.66. The van der Waals surface area contributed by atoms with Gasteiger partial charge in [0.1, 0.15) is 0 Å². The number of carbonyl (C=O) groups is 1. The van der Waals surface area contributed by atoms with Crippen molar-refractivity contribution in [3.63, 3.8) is 0 Å². The number of hydrogen-bond acceptors (Lipinski definition) is 3. The molecule has 2 fully saturated rings. The number of amides is 2. The Hall–Kier alpha value is -0.810. The zero-order valence-electron chi connectivity index (χ0n) is 10.1. The average molecular weight is 226 g/mol. The number of rotatable bonds is 0. The first-order valence-corrected chi connectivity index (χ1v) is 6.15. The molecule has 2 N–H and O–H groups in total. The quantitative estimate of drug-likeness (QED) is 0.621. The highest BCUT2D eigenvalue weighted by molar-refractivity contribution is 5.74. The van der Waals surface area contributed by atoms with E-state index in [0.717, 1.165) is 52.1 Å². The summed E-state index contributed by atoms with van der Waals surface area (Å²) < 4.78 is 0. The van der Waals surface area contributed by atoms with Crippen LogP contribution in [-0.4, -0.2) is 73.1 Å². The van der Waals surface area contributed by atoms with Gasteiger partial charge < -0.3 is 20.4 Å². The minimum absolute atomic E-state index is 0.171. The van der Waals surface area contributed by atoms with E-state index >= 15 is 0 Å². The summed E-state index contributed by atoms with van der Waals surface area (Å²) in [5, 5.41) is 0. The van der Waals surface area contributed by atoms with Gasteiger partial charge in [-0.15, -0.1) is 0 Å². The predicted molar refractivity (Wildman–Crippen MR) is 63.2 cm³/mol. The van der Waals surface area contributed by atoms with Crippen molar-refractivity contribution in [1.82, 2.24) is 14.7 Å². The van der Waals surface area contributed by atoms with Gasteiger partial charge in [0.05, 0.1) is 0 Å². The number of urea groups is 1.